The topological polar surface area (TPSA) is 49.3 Å². The highest BCUT2D eigenvalue weighted by Gasteiger charge is 2.55. The Morgan fingerprint density at radius 1 is 1.44 bits per heavy atom. The molecule has 1 aromatic rings. The first-order chi connectivity index (χ1) is 8.07. The number of carbonyl (C=O) groups excluding carboxylic acids is 1. The van der Waals surface area contributed by atoms with E-state index in [1.54, 1.807) is 6.07 Å². The van der Waals surface area contributed by atoms with E-state index in [1.165, 1.54) is 12.1 Å². The molecule has 0 fully saturated rings. The molecule has 2 N–H and O–H groups in total. The zero-order valence-corrected chi connectivity index (χ0v) is 11.9. The van der Waals surface area contributed by atoms with Crippen molar-refractivity contribution in [3.63, 3.8) is 0 Å². The number of aliphatic hydroxyl groups is 1. The normalized spacial score (nSPS) is 15.1. The van der Waals surface area contributed by atoms with Crippen LogP contribution >= 0.6 is 34.2 Å². The second kappa shape index (κ2) is 5.22. The molecule has 0 aromatic heterocycles. The van der Waals surface area contributed by atoms with Gasteiger partial charge in [0.15, 0.2) is 0 Å². The number of alkyl halides is 3. The molecule has 0 radical (unpaired) electrons. The summed E-state index contributed by atoms with van der Waals surface area (Å²) in [5.41, 5.74) is -3.46. The van der Waals surface area contributed by atoms with Crippen molar-refractivity contribution in [3.8, 4) is 0 Å². The lowest BCUT2D eigenvalue weighted by molar-refractivity contribution is -0.242. The van der Waals surface area contributed by atoms with Gasteiger partial charge in [-0.05, 0) is 41.6 Å². The second-order valence-corrected chi connectivity index (χ2v) is 5.17. The number of amides is 1. The number of anilines is 1. The molecule has 1 unspecified atom stereocenters. The van der Waals surface area contributed by atoms with Crippen LogP contribution in [0.4, 0.5) is 18.9 Å². The van der Waals surface area contributed by atoms with E-state index >= 15 is 0 Å². The molecule has 0 saturated heterocycles. The highest BCUT2D eigenvalue weighted by molar-refractivity contribution is 14.1. The van der Waals surface area contributed by atoms with E-state index in [9.17, 15) is 18.0 Å². The maximum atomic E-state index is 12.4. The summed E-state index contributed by atoms with van der Waals surface area (Å²) >= 11 is 7.68. The van der Waals surface area contributed by atoms with Crippen molar-refractivity contribution < 1.29 is 23.1 Å². The zero-order valence-electron chi connectivity index (χ0n) is 8.98. The first-order valence-electron chi connectivity index (χ1n) is 4.62. The molecule has 0 heterocycles. The highest BCUT2D eigenvalue weighted by atomic mass is 127. The monoisotopic (exact) mass is 393 g/mol. The number of benzene rings is 1. The molecule has 1 aromatic carbocycles. The average molecular weight is 394 g/mol. The molecule has 3 nitrogen and oxygen atoms in total. The van der Waals surface area contributed by atoms with Gasteiger partial charge in [-0.3, -0.25) is 4.79 Å². The summed E-state index contributed by atoms with van der Waals surface area (Å²) in [6.07, 6.45) is -5.06. The predicted octanol–water partition coefficient (Wildman–Crippen LogP) is 3.20. The van der Waals surface area contributed by atoms with Crippen LogP contribution in [0, 0.1) is 3.57 Å². The highest BCUT2D eigenvalue weighted by Crippen LogP contribution is 2.33. The van der Waals surface area contributed by atoms with Crippen LogP contribution in [-0.4, -0.2) is 22.8 Å². The van der Waals surface area contributed by atoms with E-state index in [-0.39, 0.29) is 10.7 Å². The third-order valence-corrected chi connectivity index (χ3v) is 3.82. The van der Waals surface area contributed by atoms with E-state index in [0.29, 0.717) is 10.5 Å². The quantitative estimate of drug-likeness (QED) is 0.758. The van der Waals surface area contributed by atoms with Crippen molar-refractivity contribution in [2.45, 2.75) is 18.7 Å². The van der Waals surface area contributed by atoms with Gasteiger partial charge in [0.2, 0.25) is 5.60 Å². The number of halogens is 5. The van der Waals surface area contributed by atoms with E-state index in [2.05, 4.69) is 0 Å². The van der Waals surface area contributed by atoms with Crippen molar-refractivity contribution in [1.82, 2.24) is 0 Å². The lowest BCUT2D eigenvalue weighted by Crippen LogP contribution is -2.52. The maximum absolute atomic E-state index is 12.4. The van der Waals surface area contributed by atoms with Crippen LogP contribution in [0.2, 0.25) is 5.02 Å². The minimum Gasteiger partial charge on any atom is -0.373 e. The summed E-state index contributed by atoms with van der Waals surface area (Å²) in [6.45, 7) is 0.379. The van der Waals surface area contributed by atoms with E-state index < -0.39 is 17.7 Å². The van der Waals surface area contributed by atoms with Crippen molar-refractivity contribution >= 4 is 45.8 Å². The van der Waals surface area contributed by atoms with Crippen molar-refractivity contribution in [2.24, 2.45) is 0 Å². The van der Waals surface area contributed by atoms with Crippen LogP contribution in [0.15, 0.2) is 18.2 Å². The lowest BCUT2D eigenvalue weighted by atomic mass is 10.1. The van der Waals surface area contributed by atoms with Gasteiger partial charge in [-0.15, -0.1) is 0 Å². The van der Waals surface area contributed by atoms with Crippen LogP contribution in [0.1, 0.15) is 6.92 Å². The van der Waals surface area contributed by atoms with E-state index in [4.69, 9.17) is 16.7 Å². The molecule has 18 heavy (non-hydrogen) atoms. The molecule has 1 rings (SSSR count). The van der Waals surface area contributed by atoms with Crippen LogP contribution in [-0.2, 0) is 4.79 Å². The Labute approximate surface area is 119 Å². The molecule has 0 saturated carbocycles. The van der Waals surface area contributed by atoms with Crippen LogP contribution < -0.4 is 5.32 Å². The minimum absolute atomic E-state index is 0.0121. The molecule has 0 bridgehead atoms. The Bertz CT molecular complexity index is 477. The molecule has 0 spiro atoms. The Kier molecular flexibility index (Phi) is 4.50. The van der Waals surface area contributed by atoms with Gasteiger partial charge >= 0.3 is 6.18 Å². The van der Waals surface area contributed by atoms with Gasteiger partial charge in [-0.1, -0.05) is 17.7 Å². The summed E-state index contributed by atoms with van der Waals surface area (Å²) < 4.78 is 37.8. The van der Waals surface area contributed by atoms with Gasteiger partial charge in [0.1, 0.15) is 0 Å². The molecular formula is C10H8ClF3INO2. The van der Waals surface area contributed by atoms with E-state index in [0.717, 1.165) is 0 Å². The fourth-order valence-electron chi connectivity index (χ4n) is 0.973. The molecule has 0 aliphatic rings. The van der Waals surface area contributed by atoms with Gasteiger partial charge < -0.3 is 10.4 Å². The summed E-state index contributed by atoms with van der Waals surface area (Å²) in [5, 5.41) is 11.2. The number of hydrogen-bond acceptors (Lipinski definition) is 2. The SMILES string of the molecule is CC(O)(C(=O)Nc1cccc(I)c1Cl)C(F)(F)F. The standard InChI is InChI=1S/C10H8ClF3INO2/c1-9(18,10(12,13)14)8(17)16-6-4-2-3-5(15)7(6)11/h2-4,18H,1H3,(H,16,17). The summed E-state index contributed by atoms with van der Waals surface area (Å²) in [7, 11) is 0. The third-order valence-electron chi connectivity index (χ3n) is 2.19. The lowest BCUT2D eigenvalue weighted by Gasteiger charge is -2.25. The Morgan fingerprint density at radius 3 is 2.50 bits per heavy atom. The van der Waals surface area contributed by atoms with Gasteiger partial charge in [-0.2, -0.15) is 13.2 Å². The maximum Gasteiger partial charge on any atom is 0.426 e. The largest absolute Gasteiger partial charge is 0.426 e. The van der Waals surface area contributed by atoms with Crippen molar-refractivity contribution in [3.05, 3.63) is 26.8 Å². The van der Waals surface area contributed by atoms with Crippen molar-refractivity contribution in [2.75, 3.05) is 5.32 Å². The fraction of sp³-hybridized carbons (Fsp3) is 0.300. The fourth-order valence-corrected chi connectivity index (χ4v) is 1.64. The predicted molar refractivity (Wildman–Crippen MR) is 69.5 cm³/mol. The Balaban J connectivity index is 2.99. The zero-order chi connectivity index (χ0) is 14.1. The smallest absolute Gasteiger partial charge is 0.373 e. The summed E-state index contributed by atoms with van der Waals surface area (Å²) in [6, 6.07) is 4.49. The Morgan fingerprint density at radius 2 is 2.00 bits per heavy atom. The number of carbonyl (C=O) groups is 1. The van der Waals surface area contributed by atoms with Crippen molar-refractivity contribution in [1.29, 1.82) is 0 Å². The molecule has 8 heteroatoms. The summed E-state index contributed by atoms with van der Waals surface area (Å²) in [5.74, 6) is -1.58. The molecule has 1 amide bonds. The number of nitrogens with one attached hydrogen (secondary N) is 1. The average Bonchev–Trinajstić information content (AvgIpc) is 2.23. The van der Waals surface area contributed by atoms with Gasteiger partial charge in [0.25, 0.3) is 5.91 Å². The van der Waals surface area contributed by atoms with Gasteiger partial charge in [-0.25, -0.2) is 0 Å². The second-order valence-electron chi connectivity index (χ2n) is 3.63. The third kappa shape index (κ3) is 3.07. The minimum atomic E-state index is -5.06. The van der Waals surface area contributed by atoms with Gasteiger partial charge in [0, 0.05) is 3.57 Å². The molecule has 100 valence electrons. The molecule has 0 aliphatic heterocycles. The number of hydrogen-bond donors (Lipinski definition) is 2. The molecule has 0 aliphatic carbocycles. The van der Waals surface area contributed by atoms with E-state index in [1.807, 2.05) is 27.9 Å². The number of rotatable bonds is 2. The first-order valence-corrected chi connectivity index (χ1v) is 6.07. The van der Waals surface area contributed by atoms with Crippen LogP contribution in [0.25, 0.3) is 0 Å². The van der Waals surface area contributed by atoms with Crippen LogP contribution in [0.3, 0.4) is 0 Å². The molecule has 1 atom stereocenters. The Hall–Kier alpha value is -0.540. The van der Waals surface area contributed by atoms with Gasteiger partial charge in [0.05, 0.1) is 10.7 Å². The summed E-state index contributed by atoms with van der Waals surface area (Å²) in [4.78, 5) is 11.4. The first kappa shape index (κ1) is 15.5. The van der Waals surface area contributed by atoms with Crippen LogP contribution in [0.5, 0.6) is 0 Å². The molecular weight excluding hydrogens is 385 g/mol.